The van der Waals surface area contributed by atoms with Crippen LogP contribution in [0.1, 0.15) is 35.8 Å². The van der Waals surface area contributed by atoms with Gasteiger partial charge in [-0.1, -0.05) is 67.6 Å². The second-order valence-corrected chi connectivity index (χ2v) is 6.64. The summed E-state index contributed by atoms with van der Waals surface area (Å²) in [5.74, 6) is -0.790. The molecule has 0 spiro atoms. The largest absolute Gasteiger partial charge is 0.448 e. The van der Waals surface area contributed by atoms with Crippen molar-refractivity contribution in [1.29, 1.82) is 0 Å². The third-order valence-corrected chi connectivity index (χ3v) is 4.47. The lowest BCUT2D eigenvalue weighted by Gasteiger charge is -2.16. The molecule has 2 N–H and O–H groups in total. The van der Waals surface area contributed by atoms with E-state index in [1.54, 1.807) is 13.0 Å². The molecular weight excluding hydrogens is 354 g/mol. The second kappa shape index (κ2) is 8.99. The lowest BCUT2D eigenvalue weighted by Crippen LogP contribution is -2.37. The number of esters is 1. The van der Waals surface area contributed by atoms with E-state index in [4.69, 9.17) is 4.74 Å². The van der Waals surface area contributed by atoms with Gasteiger partial charge in [0, 0.05) is 12.1 Å². The van der Waals surface area contributed by atoms with Gasteiger partial charge in [0.05, 0.1) is 5.69 Å². The molecule has 3 aromatic rings. The second-order valence-electron chi connectivity index (χ2n) is 6.64. The molecule has 1 amide bonds. The maximum Gasteiger partial charge on any atom is 0.357 e. The molecule has 6 heteroatoms. The molecule has 0 unspecified atom stereocenters. The number of aromatic amines is 1. The van der Waals surface area contributed by atoms with E-state index in [9.17, 15) is 9.59 Å². The van der Waals surface area contributed by atoms with Crippen LogP contribution in [0.2, 0.25) is 0 Å². The minimum atomic E-state index is -0.904. The molecule has 0 aliphatic heterocycles. The molecule has 0 aliphatic rings. The van der Waals surface area contributed by atoms with Crippen molar-refractivity contribution in [2.75, 3.05) is 6.54 Å². The fraction of sp³-hybridized carbons (Fsp3) is 0.227. The van der Waals surface area contributed by atoms with Crippen LogP contribution in [0.4, 0.5) is 0 Å². The monoisotopic (exact) mass is 377 g/mol. The van der Waals surface area contributed by atoms with E-state index < -0.39 is 12.1 Å². The van der Waals surface area contributed by atoms with E-state index >= 15 is 0 Å². The first-order chi connectivity index (χ1) is 13.5. The maximum atomic E-state index is 12.3. The van der Waals surface area contributed by atoms with Gasteiger partial charge in [-0.3, -0.25) is 9.89 Å². The predicted octanol–water partition coefficient (Wildman–Crippen LogP) is 3.54. The van der Waals surface area contributed by atoms with Crippen LogP contribution in [0.15, 0.2) is 66.7 Å². The molecule has 2 aromatic carbocycles. The zero-order valence-corrected chi connectivity index (χ0v) is 15.9. The number of rotatable bonds is 7. The van der Waals surface area contributed by atoms with Gasteiger partial charge in [-0.05, 0) is 24.5 Å². The summed E-state index contributed by atoms with van der Waals surface area (Å²) in [6.45, 7) is 4.05. The van der Waals surface area contributed by atoms with Crippen LogP contribution in [0, 0.1) is 0 Å². The number of hydrogen-bond acceptors (Lipinski definition) is 4. The van der Waals surface area contributed by atoms with Crippen LogP contribution in [0.5, 0.6) is 0 Å². The Morgan fingerprint density at radius 2 is 1.68 bits per heavy atom. The number of carbonyl (C=O) groups excluding carboxylic acids is 2. The topological polar surface area (TPSA) is 84.1 Å². The normalized spacial score (nSPS) is 12.8. The minimum Gasteiger partial charge on any atom is -0.448 e. The Bertz CT molecular complexity index is 922. The van der Waals surface area contributed by atoms with Crippen molar-refractivity contribution < 1.29 is 14.3 Å². The number of hydrogen-bond donors (Lipinski definition) is 2. The third-order valence-electron chi connectivity index (χ3n) is 4.47. The van der Waals surface area contributed by atoms with Gasteiger partial charge in [0.2, 0.25) is 0 Å². The lowest BCUT2D eigenvalue weighted by atomic mass is 10.0. The van der Waals surface area contributed by atoms with Crippen molar-refractivity contribution in [2.24, 2.45) is 0 Å². The lowest BCUT2D eigenvalue weighted by molar-refractivity contribution is -0.129. The van der Waals surface area contributed by atoms with Crippen molar-refractivity contribution in [3.8, 4) is 11.3 Å². The highest BCUT2D eigenvalue weighted by Crippen LogP contribution is 2.17. The van der Waals surface area contributed by atoms with Crippen molar-refractivity contribution >= 4 is 11.9 Å². The predicted molar refractivity (Wildman–Crippen MR) is 107 cm³/mol. The summed E-state index contributed by atoms with van der Waals surface area (Å²) in [7, 11) is 0. The van der Waals surface area contributed by atoms with Gasteiger partial charge in [0.1, 0.15) is 5.69 Å². The smallest absolute Gasteiger partial charge is 0.357 e. The van der Waals surface area contributed by atoms with Gasteiger partial charge in [-0.2, -0.15) is 5.10 Å². The number of aromatic nitrogens is 2. The van der Waals surface area contributed by atoms with Crippen LogP contribution in [0.25, 0.3) is 11.3 Å². The van der Waals surface area contributed by atoms with Gasteiger partial charge < -0.3 is 10.1 Å². The summed E-state index contributed by atoms with van der Waals surface area (Å²) >= 11 is 0. The number of H-pyrrole nitrogens is 1. The molecule has 1 aromatic heterocycles. The Kier molecular flexibility index (Phi) is 6.22. The van der Waals surface area contributed by atoms with Gasteiger partial charge in [0.25, 0.3) is 5.91 Å². The molecule has 0 aliphatic carbocycles. The minimum absolute atomic E-state index is 0.161. The van der Waals surface area contributed by atoms with E-state index in [2.05, 4.69) is 15.5 Å². The zero-order chi connectivity index (χ0) is 19.9. The first-order valence-corrected chi connectivity index (χ1v) is 9.19. The van der Waals surface area contributed by atoms with E-state index in [1.165, 1.54) is 0 Å². The summed E-state index contributed by atoms with van der Waals surface area (Å²) in [5, 5.41) is 9.62. The van der Waals surface area contributed by atoms with E-state index in [-0.39, 0.29) is 17.5 Å². The van der Waals surface area contributed by atoms with Crippen LogP contribution in [0.3, 0.4) is 0 Å². The van der Waals surface area contributed by atoms with E-state index in [0.29, 0.717) is 12.2 Å². The molecule has 0 saturated heterocycles. The standard InChI is InChI=1S/C22H23N3O3/c1-15(17-9-5-3-6-10-17)14-23-21(26)16(2)28-22(27)20-13-19(24-25-20)18-11-7-4-8-12-18/h3-13,15-16H,14H2,1-2H3,(H,23,26)(H,24,25)/t15-,16+/m0/s1. The van der Waals surface area contributed by atoms with Gasteiger partial charge in [-0.15, -0.1) is 0 Å². The van der Waals surface area contributed by atoms with E-state index in [0.717, 1.165) is 11.1 Å². The van der Waals surface area contributed by atoms with Crippen molar-refractivity contribution in [3.63, 3.8) is 0 Å². The molecule has 0 saturated carbocycles. The van der Waals surface area contributed by atoms with E-state index in [1.807, 2.05) is 67.6 Å². The highest BCUT2D eigenvalue weighted by Gasteiger charge is 2.21. The summed E-state index contributed by atoms with van der Waals surface area (Å²) in [6, 6.07) is 21.0. The number of nitrogens with zero attached hydrogens (tertiary/aromatic N) is 1. The first kappa shape index (κ1) is 19.4. The van der Waals surface area contributed by atoms with Crippen LogP contribution in [-0.4, -0.2) is 34.7 Å². The third kappa shape index (κ3) is 4.85. The molecule has 28 heavy (non-hydrogen) atoms. The molecule has 0 bridgehead atoms. The van der Waals surface area contributed by atoms with Gasteiger partial charge in [0.15, 0.2) is 6.10 Å². The van der Waals surface area contributed by atoms with Crippen molar-refractivity contribution in [2.45, 2.75) is 25.9 Å². The molecule has 0 fully saturated rings. The average molecular weight is 377 g/mol. The molecule has 1 heterocycles. The Labute approximate surface area is 163 Å². The molecule has 3 rings (SSSR count). The highest BCUT2D eigenvalue weighted by molar-refractivity contribution is 5.91. The number of amides is 1. The number of ether oxygens (including phenoxy) is 1. The van der Waals surface area contributed by atoms with Gasteiger partial charge >= 0.3 is 5.97 Å². The summed E-state index contributed by atoms with van der Waals surface area (Å²) < 4.78 is 5.26. The van der Waals surface area contributed by atoms with Gasteiger partial charge in [-0.25, -0.2) is 4.79 Å². The van der Waals surface area contributed by atoms with Crippen molar-refractivity contribution in [1.82, 2.24) is 15.5 Å². The summed E-state index contributed by atoms with van der Waals surface area (Å²) in [6.07, 6.45) is -0.904. The molecule has 144 valence electrons. The summed E-state index contributed by atoms with van der Waals surface area (Å²) in [4.78, 5) is 24.5. The zero-order valence-electron chi connectivity index (χ0n) is 15.9. The molecular formula is C22H23N3O3. The quantitative estimate of drug-likeness (QED) is 0.617. The molecule has 0 radical (unpaired) electrons. The number of carbonyl (C=O) groups is 2. The number of nitrogens with one attached hydrogen (secondary N) is 2. The fourth-order valence-electron chi connectivity index (χ4n) is 2.76. The first-order valence-electron chi connectivity index (χ1n) is 9.19. The molecule has 2 atom stereocenters. The SMILES string of the molecule is C[C@@H](OC(=O)c1cc(-c2ccccc2)n[nH]1)C(=O)NC[C@H](C)c1ccccc1. The summed E-state index contributed by atoms with van der Waals surface area (Å²) in [5.41, 5.74) is 2.87. The molecule has 6 nitrogen and oxygen atoms in total. The maximum absolute atomic E-state index is 12.3. The average Bonchev–Trinajstić information content (AvgIpc) is 3.23. The fourth-order valence-corrected chi connectivity index (χ4v) is 2.76. The Hall–Kier alpha value is -3.41. The van der Waals surface area contributed by atoms with Crippen LogP contribution < -0.4 is 5.32 Å². The Morgan fingerprint density at radius 1 is 1.04 bits per heavy atom. The number of benzene rings is 2. The van der Waals surface area contributed by atoms with Crippen molar-refractivity contribution in [3.05, 3.63) is 78.0 Å². The van der Waals surface area contributed by atoms with Crippen LogP contribution >= 0.6 is 0 Å². The Balaban J connectivity index is 1.52. The highest BCUT2D eigenvalue weighted by atomic mass is 16.5. The Morgan fingerprint density at radius 3 is 2.36 bits per heavy atom. The van der Waals surface area contributed by atoms with Crippen LogP contribution in [-0.2, 0) is 9.53 Å².